The molecule has 6 aromatic carbocycles. The predicted octanol–water partition coefficient (Wildman–Crippen LogP) is 10.5. The summed E-state index contributed by atoms with van der Waals surface area (Å²) in [5, 5.41) is 20.5. The fourth-order valence-electron chi connectivity index (χ4n) is 11.0. The molecule has 102 heavy (non-hydrogen) atoms. The maximum absolute atomic E-state index is 11.7. The van der Waals surface area contributed by atoms with E-state index in [0.717, 1.165) is 48.0 Å². The summed E-state index contributed by atoms with van der Waals surface area (Å²) >= 11 is 0. The topological polar surface area (TPSA) is 282 Å². The molecular formula is C79H59N17O6. The van der Waals surface area contributed by atoms with Crippen molar-refractivity contribution >= 4 is 29.7 Å². The van der Waals surface area contributed by atoms with Gasteiger partial charge in [0.2, 0.25) is 17.8 Å². The van der Waals surface area contributed by atoms with Crippen molar-refractivity contribution < 1.29 is 28.9 Å². The summed E-state index contributed by atoms with van der Waals surface area (Å²) in [5.74, 6) is 22.9. The standard InChI is InChI=1S/C27H22N6O2.C26H18N6O.C26H19N5O3/c1-28-26(34)19-6-3-18(4-7-19)5-9-22-11-13-29-25(31-22)24-12-14-30-27(32-24)33-16-20-8-10-23(35-2)15-21(20)17-33;1-33-23-9-7-20-16-32(17-21(20)14-23)26-29-13-11-24(31-26)25-28-12-10-22(30-25)8-6-18-2-4-19(15-27)5-3-18;1-34-22-9-7-19-15-31(16-20(19)14-22)26-28-13-11-23(30-26)24-27-12-10-21(29-24)8-4-17-2-5-18(6-3-17)25(32)33/h3-4,6-8,10-15H,16-17H2,1-2H3,(H,28,34);2-5,7,9-14H,16-17H2,1H3;2-3,5-7,9-14H,15-16H2,1H3,(H,32,33). The van der Waals surface area contributed by atoms with E-state index in [2.05, 4.69) is 137 Å². The van der Waals surface area contributed by atoms with E-state index in [9.17, 15) is 9.59 Å². The van der Waals surface area contributed by atoms with E-state index in [0.29, 0.717) is 106 Å². The molecule has 1 amide bonds. The molecule has 6 aromatic heterocycles. The average Bonchev–Trinajstić information content (AvgIpc) is 1.65. The highest BCUT2D eigenvalue weighted by molar-refractivity contribution is 5.94. The highest BCUT2D eigenvalue weighted by atomic mass is 16.5. The Labute approximate surface area is 586 Å². The first-order valence-corrected chi connectivity index (χ1v) is 31.9. The van der Waals surface area contributed by atoms with Crippen molar-refractivity contribution in [3.05, 3.63) is 285 Å². The Balaban J connectivity index is 0.000000137. The number of anilines is 3. The number of fused-ring (bicyclic) bond motifs is 3. The molecule has 12 aromatic rings. The van der Waals surface area contributed by atoms with Crippen LogP contribution in [0.1, 0.15) is 93.4 Å². The minimum absolute atomic E-state index is 0.133. The van der Waals surface area contributed by atoms with Crippen molar-refractivity contribution in [3.8, 4) is 93.4 Å². The molecule has 3 aliphatic heterocycles. The number of carbonyl (C=O) groups is 2. The van der Waals surface area contributed by atoms with Crippen LogP contribution in [-0.2, 0) is 39.3 Å². The van der Waals surface area contributed by atoms with Crippen LogP contribution in [-0.4, -0.2) is 105 Å². The zero-order valence-corrected chi connectivity index (χ0v) is 55.4. The van der Waals surface area contributed by atoms with Gasteiger partial charge in [0.1, 0.15) is 51.4 Å². The monoisotopic (exact) mass is 1340 g/mol. The van der Waals surface area contributed by atoms with Gasteiger partial charge in [-0.2, -0.15) is 5.26 Å². The molecule has 0 radical (unpaired) electrons. The Morgan fingerprint density at radius 3 is 1.02 bits per heavy atom. The molecule has 496 valence electrons. The van der Waals surface area contributed by atoms with Crippen molar-refractivity contribution in [2.24, 2.45) is 0 Å². The minimum atomic E-state index is -0.971. The number of carboxylic acid groups (broad SMARTS) is 1. The number of methoxy groups -OCH3 is 3. The zero-order chi connectivity index (χ0) is 70.3. The quantitative estimate of drug-likeness (QED) is 0.114. The molecule has 2 N–H and O–H groups in total. The van der Waals surface area contributed by atoms with Crippen LogP contribution in [0.25, 0.3) is 34.6 Å². The van der Waals surface area contributed by atoms with E-state index in [1.54, 1.807) is 150 Å². The molecule has 0 unspecified atom stereocenters. The van der Waals surface area contributed by atoms with Crippen molar-refractivity contribution in [1.29, 1.82) is 5.26 Å². The molecule has 23 heteroatoms. The average molecular weight is 1340 g/mol. The molecule has 0 bridgehead atoms. The van der Waals surface area contributed by atoms with Gasteiger partial charge in [0.05, 0.1) is 38.5 Å². The number of carbonyl (C=O) groups excluding carboxylic acids is 1. The van der Waals surface area contributed by atoms with Crippen molar-refractivity contribution in [2.45, 2.75) is 39.3 Å². The fraction of sp³-hybridized carbons (Fsp3) is 0.127. The first-order chi connectivity index (χ1) is 49.9. The molecule has 0 saturated heterocycles. The van der Waals surface area contributed by atoms with Crippen molar-refractivity contribution in [2.75, 3.05) is 43.1 Å². The van der Waals surface area contributed by atoms with E-state index in [1.165, 1.54) is 45.5 Å². The number of rotatable bonds is 11. The molecule has 15 rings (SSSR count). The number of benzene rings is 6. The van der Waals surface area contributed by atoms with Crippen LogP contribution in [0.4, 0.5) is 17.8 Å². The lowest BCUT2D eigenvalue weighted by Crippen LogP contribution is -2.17. The second kappa shape index (κ2) is 30.8. The largest absolute Gasteiger partial charge is 0.497 e. The van der Waals surface area contributed by atoms with E-state index in [1.807, 2.05) is 36.4 Å². The van der Waals surface area contributed by atoms with Crippen LogP contribution in [0.5, 0.6) is 17.2 Å². The van der Waals surface area contributed by atoms with E-state index >= 15 is 0 Å². The summed E-state index contributed by atoms with van der Waals surface area (Å²) in [6.07, 6.45) is 10.1. The first-order valence-electron chi connectivity index (χ1n) is 31.9. The van der Waals surface area contributed by atoms with Gasteiger partial charge in [0.15, 0.2) is 17.5 Å². The van der Waals surface area contributed by atoms with Gasteiger partial charge in [-0.25, -0.2) is 64.6 Å². The van der Waals surface area contributed by atoms with Crippen LogP contribution in [0.2, 0.25) is 0 Å². The summed E-state index contributed by atoms with van der Waals surface area (Å²) in [5.41, 5.74) is 14.6. The highest BCUT2D eigenvalue weighted by Crippen LogP contribution is 2.33. The number of amides is 1. The van der Waals surface area contributed by atoms with Gasteiger partial charge >= 0.3 is 5.97 Å². The molecule has 23 nitrogen and oxygen atoms in total. The molecule has 0 saturated carbocycles. The first kappa shape index (κ1) is 66.3. The van der Waals surface area contributed by atoms with Gasteiger partial charge in [0, 0.05) is 106 Å². The van der Waals surface area contributed by atoms with Gasteiger partial charge in [0.25, 0.3) is 5.91 Å². The van der Waals surface area contributed by atoms with E-state index in [4.69, 9.17) is 39.5 Å². The SMILES string of the molecule is CNC(=O)c1ccc(C#Cc2ccnc(-c3ccnc(N4Cc5ccc(OC)cc5C4)n3)n2)cc1.COc1ccc2c(c1)CN(c1nccc(-c3nccc(C#Cc4ccc(C#N)cc4)n3)n1)C2.COc1ccc2c(c1)CN(c1nccc(-c3nccc(C#Cc4ccc(C(=O)O)cc4)n3)n1)C2. The Bertz CT molecular complexity index is 5390. The number of hydrogen-bond donors (Lipinski definition) is 2. The highest BCUT2D eigenvalue weighted by Gasteiger charge is 2.26. The second-order valence-corrected chi connectivity index (χ2v) is 23.0. The molecular weight excluding hydrogens is 1280 g/mol. The molecule has 3 aliphatic rings. The lowest BCUT2D eigenvalue weighted by atomic mass is 10.1. The second-order valence-electron chi connectivity index (χ2n) is 23.0. The van der Waals surface area contributed by atoms with Crippen LogP contribution < -0.4 is 34.2 Å². The number of carboxylic acids is 1. The zero-order valence-electron chi connectivity index (χ0n) is 55.4. The number of aromatic carboxylic acids is 1. The number of nitrogens with zero attached hydrogens (tertiary/aromatic N) is 16. The Kier molecular flexibility index (Phi) is 20.1. The maximum Gasteiger partial charge on any atom is 0.335 e. The van der Waals surface area contributed by atoms with Crippen LogP contribution in [0, 0.1) is 46.9 Å². The maximum atomic E-state index is 11.7. The number of aromatic nitrogens is 12. The third-order valence-corrected chi connectivity index (χ3v) is 16.4. The summed E-state index contributed by atoms with van der Waals surface area (Å²) < 4.78 is 16.0. The third-order valence-electron chi connectivity index (χ3n) is 16.4. The number of hydrogen-bond acceptors (Lipinski definition) is 21. The normalized spacial score (nSPS) is 11.9. The van der Waals surface area contributed by atoms with Gasteiger partial charge in [-0.3, -0.25) is 4.79 Å². The fourth-order valence-corrected chi connectivity index (χ4v) is 11.0. The predicted molar refractivity (Wildman–Crippen MR) is 380 cm³/mol. The van der Waals surface area contributed by atoms with E-state index < -0.39 is 5.97 Å². The number of nitriles is 1. The molecule has 0 atom stereocenters. The van der Waals surface area contributed by atoms with Crippen LogP contribution >= 0.6 is 0 Å². The summed E-state index contributed by atoms with van der Waals surface area (Å²) in [6.45, 7) is 4.31. The van der Waals surface area contributed by atoms with Crippen molar-refractivity contribution in [3.63, 3.8) is 0 Å². The van der Waals surface area contributed by atoms with Gasteiger partial charge in [-0.15, -0.1) is 0 Å². The van der Waals surface area contributed by atoms with E-state index in [-0.39, 0.29) is 11.5 Å². The number of ether oxygens (including phenoxy) is 3. The summed E-state index contributed by atoms with van der Waals surface area (Å²) in [7, 11) is 6.60. The molecule has 9 heterocycles. The Morgan fingerprint density at radius 1 is 0.382 bits per heavy atom. The summed E-state index contributed by atoms with van der Waals surface area (Å²) in [4.78, 5) is 83.3. The molecule has 0 aliphatic carbocycles. The summed E-state index contributed by atoms with van der Waals surface area (Å²) in [6, 6.07) is 51.5. The smallest absolute Gasteiger partial charge is 0.335 e. The van der Waals surface area contributed by atoms with Gasteiger partial charge < -0.3 is 39.3 Å². The Morgan fingerprint density at radius 2 is 0.696 bits per heavy atom. The number of nitrogens with one attached hydrogen (secondary N) is 1. The van der Waals surface area contributed by atoms with Crippen molar-refractivity contribution in [1.82, 2.24) is 65.1 Å². The lowest BCUT2D eigenvalue weighted by molar-refractivity contribution is 0.0696. The molecule has 0 fully saturated rings. The van der Waals surface area contributed by atoms with Crippen LogP contribution in [0.15, 0.2) is 201 Å². The lowest BCUT2D eigenvalue weighted by Gasteiger charge is -2.15. The molecule has 0 spiro atoms. The van der Waals surface area contributed by atoms with Crippen LogP contribution in [0.3, 0.4) is 0 Å². The third kappa shape index (κ3) is 16.1. The minimum Gasteiger partial charge on any atom is -0.497 e. The van der Waals surface area contributed by atoms with Gasteiger partial charge in [-0.1, -0.05) is 36.0 Å². The van der Waals surface area contributed by atoms with Gasteiger partial charge in [-0.05, 0) is 197 Å². The Hall–Kier alpha value is -14.3.